The number of aromatic nitrogens is 2. The number of nitrogens with zero attached hydrogens (tertiary/aromatic N) is 2. The SMILES string of the molecule is Cc1c(CCC(=O)O)nc(C2CCCC2)n1C. The molecule has 1 N–H and O–H groups in total. The zero-order chi connectivity index (χ0) is 12.4. The summed E-state index contributed by atoms with van der Waals surface area (Å²) in [5.41, 5.74) is 2.07. The van der Waals surface area contributed by atoms with E-state index in [1.807, 2.05) is 14.0 Å². The van der Waals surface area contributed by atoms with Crippen molar-refractivity contribution >= 4 is 5.97 Å². The Labute approximate surface area is 102 Å². The van der Waals surface area contributed by atoms with Crippen LogP contribution in [0.4, 0.5) is 0 Å². The number of hydrogen-bond acceptors (Lipinski definition) is 2. The topological polar surface area (TPSA) is 55.1 Å². The van der Waals surface area contributed by atoms with Crippen LogP contribution in [0.1, 0.15) is 55.2 Å². The molecule has 1 aromatic heterocycles. The Bertz CT molecular complexity index is 417. The van der Waals surface area contributed by atoms with Crippen LogP contribution >= 0.6 is 0 Å². The van der Waals surface area contributed by atoms with Gasteiger partial charge in [0.05, 0.1) is 12.1 Å². The molecular weight excluding hydrogens is 216 g/mol. The molecule has 17 heavy (non-hydrogen) atoms. The summed E-state index contributed by atoms with van der Waals surface area (Å²) < 4.78 is 2.15. The summed E-state index contributed by atoms with van der Waals surface area (Å²) >= 11 is 0. The van der Waals surface area contributed by atoms with Gasteiger partial charge in [-0.15, -0.1) is 0 Å². The molecule has 0 atom stereocenters. The average molecular weight is 236 g/mol. The van der Waals surface area contributed by atoms with E-state index >= 15 is 0 Å². The van der Waals surface area contributed by atoms with Gasteiger partial charge >= 0.3 is 5.97 Å². The summed E-state index contributed by atoms with van der Waals surface area (Å²) in [6, 6.07) is 0. The highest BCUT2D eigenvalue weighted by atomic mass is 16.4. The standard InChI is InChI=1S/C13H20N2O2/c1-9-11(7-8-12(16)17)14-13(15(9)2)10-5-3-4-6-10/h10H,3-8H2,1-2H3,(H,16,17). The van der Waals surface area contributed by atoms with Crippen molar-refractivity contribution in [3.05, 3.63) is 17.2 Å². The Morgan fingerprint density at radius 1 is 1.47 bits per heavy atom. The number of carbonyl (C=O) groups is 1. The molecule has 1 heterocycles. The number of aryl methyl sites for hydroxylation is 1. The first-order valence-corrected chi connectivity index (χ1v) is 6.33. The molecule has 1 aromatic rings. The zero-order valence-corrected chi connectivity index (χ0v) is 10.6. The van der Waals surface area contributed by atoms with Gasteiger partial charge in [0.25, 0.3) is 0 Å². The van der Waals surface area contributed by atoms with Crippen LogP contribution in [0.15, 0.2) is 0 Å². The van der Waals surface area contributed by atoms with Crippen molar-refractivity contribution in [2.24, 2.45) is 7.05 Å². The van der Waals surface area contributed by atoms with Crippen molar-refractivity contribution in [1.82, 2.24) is 9.55 Å². The van der Waals surface area contributed by atoms with Crippen LogP contribution < -0.4 is 0 Å². The number of aliphatic carboxylic acids is 1. The average Bonchev–Trinajstić information content (AvgIpc) is 2.88. The molecule has 0 aliphatic heterocycles. The van der Waals surface area contributed by atoms with Crippen molar-refractivity contribution in [1.29, 1.82) is 0 Å². The number of rotatable bonds is 4. The van der Waals surface area contributed by atoms with E-state index in [0.717, 1.165) is 17.2 Å². The van der Waals surface area contributed by atoms with Crippen LogP contribution in [0.2, 0.25) is 0 Å². The predicted molar refractivity (Wildman–Crippen MR) is 65.1 cm³/mol. The van der Waals surface area contributed by atoms with E-state index in [4.69, 9.17) is 5.11 Å². The maximum atomic E-state index is 10.6. The molecule has 0 amide bonds. The molecule has 0 aromatic carbocycles. The lowest BCUT2D eigenvalue weighted by Crippen LogP contribution is -2.03. The molecule has 0 unspecified atom stereocenters. The highest BCUT2D eigenvalue weighted by Gasteiger charge is 2.23. The highest BCUT2D eigenvalue weighted by molar-refractivity contribution is 5.67. The van der Waals surface area contributed by atoms with Gasteiger partial charge in [-0.2, -0.15) is 0 Å². The summed E-state index contributed by atoms with van der Waals surface area (Å²) in [6.45, 7) is 2.03. The smallest absolute Gasteiger partial charge is 0.303 e. The first-order chi connectivity index (χ1) is 8.09. The van der Waals surface area contributed by atoms with E-state index in [9.17, 15) is 4.79 Å². The fourth-order valence-electron chi connectivity index (χ4n) is 2.67. The minimum Gasteiger partial charge on any atom is -0.481 e. The minimum absolute atomic E-state index is 0.169. The van der Waals surface area contributed by atoms with Crippen LogP contribution in [-0.4, -0.2) is 20.6 Å². The fraction of sp³-hybridized carbons (Fsp3) is 0.692. The van der Waals surface area contributed by atoms with Gasteiger partial charge in [-0.1, -0.05) is 12.8 Å². The fourth-order valence-corrected chi connectivity index (χ4v) is 2.67. The van der Waals surface area contributed by atoms with E-state index in [1.165, 1.54) is 25.7 Å². The lowest BCUT2D eigenvalue weighted by Gasteiger charge is -2.09. The van der Waals surface area contributed by atoms with Crippen LogP contribution in [0.3, 0.4) is 0 Å². The highest BCUT2D eigenvalue weighted by Crippen LogP contribution is 2.34. The Morgan fingerprint density at radius 2 is 2.12 bits per heavy atom. The second-order valence-corrected chi connectivity index (χ2v) is 4.94. The molecular formula is C13H20N2O2. The van der Waals surface area contributed by atoms with Crippen molar-refractivity contribution in [3.8, 4) is 0 Å². The van der Waals surface area contributed by atoms with Gasteiger partial charge in [-0.3, -0.25) is 4.79 Å². The normalized spacial score (nSPS) is 16.6. The van der Waals surface area contributed by atoms with Gasteiger partial charge in [0.1, 0.15) is 5.82 Å². The van der Waals surface area contributed by atoms with Crippen LogP contribution in [0, 0.1) is 6.92 Å². The van der Waals surface area contributed by atoms with E-state index < -0.39 is 5.97 Å². The number of hydrogen-bond donors (Lipinski definition) is 1. The lowest BCUT2D eigenvalue weighted by molar-refractivity contribution is -0.136. The predicted octanol–water partition coefficient (Wildman–Crippen LogP) is 2.40. The second-order valence-electron chi connectivity index (χ2n) is 4.94. The molecule has 1 aliphatic carbocycles. The third-order valence-electron chi connectivity index (χ3n) is 3.81. The summed E-state index contributed by atoms with van der Waals surface area (Å²) in [7, 11) is 2.04. The van der Waals surface area contributed by atoms with Crippen molar-refractivity contribution < 1.29 is 9.90 Å². The molecule has 4 nitrogen and oxygen atoms in total. The van der Waals surface area contributed by atoms with E-state index in [1.54, 1.807) is 0 Å². The quantitative estimate of drug-likeness (QED) is 0.873. The maximum Gasteiger partial charge on any atom is 0.303 e. The number of carboxylic acids is 1. The Kier molecular flexibility index (Phi) is 3.50. The Morgan fingerprint density at radius 3 is 2.71 bits per heavy atom. The van der Waals surface area contributed by atoms with E-state index in [-0.39, 0.29) is 6.42 Å². The lowest BCUT2D eigenvalue weighted by atomic mass is 10.1. The van der Waals surface area contributed by atoms with Crippen molar-refractivity contribution in [2.75, 3.05) is 0 Å². The molecule has 1 saturated carbocycles. The summed E-state index contributed by atoms with van der Waals surface area (Å²) in [5, 5.41) is 8.72. The maximum absolute atomic E-state index is 10.6. The van der Waals surface area contributed by atoms with Crippen LogP contribution in [-0.2, 0) is 18.3 Å². The van der Waals surface area contributed by atoms with Gasteiger partial charge in [-0.25, -0.2) is 4.98 Å². The zero-order valence-electron chi connectivity index (χ0n) is 10.6. The van der Waals surface area contributed by atoms with Gasteiger partial charge in [0.15, 0.2) is 0 Å². The summed E-state index contributed by atoms with van der Waals surface area (Å²) in [4.78, 5) is 15.3. The summed E-state index contributed by atoms with van der Waals surface area (Å²) in [5.74, 6) is 0.982. The molecule has 0 spiro atoms. The van der Waals surface area contributed by atoms with Crippen molar-refractivity contribution in [2.45, 2.75) is 51.4 Å². The van der Waals surface area contributed by atoms with Crippen LogP contribution in [0.5, 0.6) is 0 Å². The van der Waals surface area contributed by atoms with Gasteiger partial charge in [0.2, 0.25) is 0 Å². The van der Waals surface area contributed by atoms with Gasteiger partial charge in [-0.05, 0) is 19.8 Å². The monoisotopic (exact) mass is 236 g/mol. The molecule has 94 valence electrons. The number of carboxylic acid groups (broad SMARTS) is 1. The Hall–Kier alpha value is -1.32. The van der Waals surface area contributed by atoms with E-state index in [2.05, 4.69) is 9.55 Å². The molecule has 1 fully saturated rings. The largest absolute Gasteiger partial charge is 0.481 e. The van der Waals surface area contributed by atoms with Crippen LogP contribution in [0.25, 0.3) is 0 Å². The second kappa shape index (κ2) is 4.90. The summed E-state index contributed by atoms with van der Waals surface area (Å²) in [6.07, 6.45) is 5.75. The molecule has 1 aliphatic rings. The molecule has 2 rings (SSSR count). The molecule has 0 radical (unpaired) electrons. The minimum atomic E-state index is -0.752. The molecule has 0 bridgehead atoms. The first-order valence-electron chi connectivity index (χ1n) is 6.33. The molecule has 0 saturated heterocycles. The molecule has 4 heteroatoms. The third-order valence-corrected chi connectivity index (χ3v) is 3.81. The van der Waals surface area contributed by atoms with Gasteiger partial charge < -0.3 is 9.67 Å². The van der Waals surface area contributed by atoms with Gasteiger partial charge in [0, 0.05) is 25.1 Å². The number of imidazole rings is 1. The van der Waals surface area contributed by atoms with E-state index in [0.29, 0.717) is 12.3 Å². The van der Waals surface area contributed by atoms with Crippen molar-refractivity contribution in [3.63, 3.8) is 0 Å². The third kappa shape index (κ3) is 2.51. The first kappa shape index (κ1) is 12.1. The Balaban J connectivity index is 2.17.